The Morgan fingerprint density at radius 1 is 1.25 bits per heavy atom. The molecule has 0 aromatic heterocycles. The maximum absolute atomic E-state index is 12.8. The van der Waals surface area contributed by atoms with E-state index in [4.69, 9.17) is 4.74 Å². The average molecular weight is 329 g/mol. The Labute approximate surface area is 141 Å². The van der Waals surface area contributed by atoms with E-state index in [-0.39, 0.29) is 11.9 Å². The molecule has 6 heteroatoms. The minimum Gasteiger partial charge on any atom is -0.382 e. The molecule has 0 radical (unpaired) electrons. The summed E-state index contributed by atoms with van der Waals surface area (Å²) in [5, 5.41) is 5.66. The molecule has 24 heavy (non-hydrogen) atoms. The molecule has 0 aliphatic carbocycles. The van der Waals surface area contributed by atoms with Gasteiger partial charge in [0.2, 0.25) is 0 Å². The Morgan fingerprint density at radius 2 is 2.00 bits per heavy atom. The fourth-order valence-electron chi connectivity index (χ4n) is 3.12. The largest absolute Gasteiger partial charge is 0.382 e. The Morgan fingerprint density at radius 3 is 2.71 bits per heavy atom. The van der Waals surface area contributed by atoms with E-state index in [2.05, 4.69) is 10.6 Å². The van der Waals surface area contributed by atoms with E-state index in [1.54, 1.807) is 4.90 Å². The first-order valence-corrected chi connectivity index (χ1v) is 8.34. The van der Waals surface area contributed by atoms with E-state index in [1.165, 1.54) is 0 Å². The number of carbonyl (C=O) groups excluding carboxylic acids is 2. The van der Waals surface area contributed by atoms with Crippen molar-refractivity contribution in [2.24, 2.45) is 0 Å². The molecule has 0 unspecified atom stereocenters. The minimum absolute atomic E-state index is 0.0143. The van der Waals surface area contributed by atoms with E-state index in [1.807, 2.05) is 38.1 Å². The van der Waals surface area contributed by atoms with Crippen molar-refractivity contribution in [3.8, 4) is 0 Å². The number of hydrogen-bond acceptors (Lipinski definition) is 3. The second-order valence-corrected chi connectivity index (χ2v) is 6.11. The van der Waals surface area contributed by atoms with Crippen LogP contribution in [0.1, 0.15) is 30.5 Å². The van der Waals surface area contributed by atoms with Crippen molar-refractivity contribution >= 4 is 11.9 Å². The summed E-state index contributed by atoms with van der Waals surface area (Å²) in [6.45, 7) is 6.36. The van der Waals surface area contributed by atoms with Gasteiger partial charge in [-0.05, 0) is 25.8 Å². The first-order chi connectivity index (χ1) is 11.6. The highest BCUT2D eigenvalue weighted by Crippen LogP contribution is 2.32. The van der Waals surface area contributed by atoms with Gasteiger partial charge in [-0.15, -0.1) is 0 Å². The van der Waals surface area contributed by atoms with Crippen LogP contribution < -0.4 is 10.6 Å². The van der Waals surface area contributed by atoms with E-state index in [0.717, 1.165) is 17.5 Å². The molecular weight excluding hydrogens is 306 g/mol. The molecule has 1 aromatic rings. The highest BCUT2D eigenvalue weighted by molar-refractivity contribution is 6.01. The van der Waals surface area contributed by atoms with Gasteiger partial charge in [0.1, 0.15) is 0 Å². The number of nitrogens with one attached hydrogen (secondary N) is 2. The molecule has 0 saturated carbocycles. The standard InChI is InChI=1S/C18H23N3O3/c1-3-24-10-4-9-21-11-14-15(17(21)22)16(20-18(23)19-14)13-7-5-12(2)6-8-13/h5-8,16H,3-4,9-11H2,1-2H3,(H2,19,20,23)/t16-/m0/s1. The summed E-state index contributed by atoms with van der Waals surface area (Å²) >= 11 is 0. The first kappa shape index (κ1) is 16.5. The van der Waals surface area contributed by atoms with Crippen LogP contribution in [0.15, 0.2) is 35.5 Å². The number of nitrogens with zero attached hydrogens (tertiary/aromatic N) is 1. The summed E-state index contributed by atoms with van der Waals surface area (Å²) in [6.07, 6.45) is 0.788. The van der Waals surface area contributed by atoms with Gasteiger partial charge < -0.3 is 20.3 Å². The fourth-order valence-corrected chi connectivity index (χ4v) is 3.12. The molecule has 3 amide bonds. The smallest absolute Gasteiger partial charge is 0.319 e. The molecule has 6 nitrogen and oxygen atoms in total. The number of ether oxygens (including phenoxy) is 1. The molecule has 2 aliphatic heterocycles. The quantitative estimate of drug-likeness (QED) is 0.783. The number of aryl methyl sites for hydroxylation is 1. The van der Waals surface area contributed by atoms with Gasteiger partial charge in [0, 0.05) is 19.8 Å². The maximum atomic E-state index is 12.8. The zero-order valence-electron chi connectivity index (χ0n) is 14.1. The van der Waals surface area contributed by atoms with Crippen LogP contribution >= 0.6 is 0 Å². The van der Waals surface area contributed by atoms with E-state index >= 15 is 0 Å². The van der Waals surface area contributed by atoms with Crippen LogP contribution in [0.5, 0.6) is 0 Å². The van der Waals surface area contributed by atoms with Crippen molar-refractivity contribution in [3.05, 3.63) is 46.7 Å². The highest BCUT2D eigenvalue weighted by atomic mass is 16.5. The third-order valence-corrected chi connectivity index (χ3v) is 4.35. The van der Waals surface area contributed by atoms with Gasteiger partial charge in [0.15, 0.2) is 0 Å². The molecule has 0 fully saturated rings. The predicted molar refractivity (Wildman–Crippen MR) is 90.3 cm³/mol. The van der Waals surface area contributed by atoms with Gasteiger partial charge in [-0.1, -0.05) is 29.8 Å². The van der Waals surface area contributed by atoms with E-state index in [0.29, 0.717) is 37.6 Å². The third kappa shape index (κ3) is 3.28. The number of amides is 3. The Balaban J connectivity index is 1.77. The predicted octanol–water partition coefficient (Wildman–Crippen LogP) is 1.87. The second-order valence-electron chi connectivity index (χ2n) is 6.11. The summed E-state index contributed by atoms with van der Waals surface area (Å²) in [4.78, 5) is 26.5. The van der Waals surface area contributed by atoms with Gasteiger partial charge in [-0.2, -0.15) is 0 Å². The zero-order valence-corrected chi connectivity index (χ0v) is 14.1. The van der Waals surface area contributed by atoms with Gasteiger partial charge >= 0.3 is 6.03 Å². The summed E-state index contributed by atoms with van der Waals surface area (Å²) in [5.74, 6) is -0.0143. The summed E-state index contributed by atoms with van der Waals surface area (Å²) in [5.41, 5.74) is 3.43. The average Bonchev–Trinajstić information content (AvgIpc) is 2.87. The van der Waals surface area contributed by atoms with E-state index in [9.17, 15) is 9.59 Å². The van der Waals surface area contributed by atoms with Crippen molar-refractivity contribution in [3.63, 3.8) is 0 Å². The van der Waals surface area contributed by atoms with Crippen molar-refractivity contribution in [2.75, 3.05) is 26.3 Å². The molecular formula is C18H23N3O3. The number of benzene rings is 1. The SMILES string of the molecule is CCOCCCN1CC2=C(C1=O)[C@H](c1ccc(C)cc1)NC(=O)N2. The van der Waals surface area contributed by atoms with Crippen LogP contribution in [0.4, 0.5) is 4.79 Å². The van der Waals surface area contributed by atoms with Crippen LogP contribution in [0.2, 0.25) is 0 Å². The molecule has 3 rings (SSSR count). The number of urea groups is 1. The van der Waals surface area contributed by atoms with Crippen LogP contribution in [0, 0.1) is 6.92 Å². The summed E-state index contributed by atoms with van der Waals surface area (Å²) in [6, 6.07) is 7.25. The molecule has 0 saturated heterocycles. The number of carbonyl (C=O) groups is 2. The van der Waals surface area contributed by atoms with Crippen LogP contribution in [-0.2, 0) is 9.53 Å². The van der Waals surface area contributed by atoms with Crippen molar-refractivity contribution in [1.82, 2.24) is 15.5 Å². The molecule has 2 N–H and O–H groups in total. The second kappa shape index (κ2) is 7.05. The summed E-state index contributed by atoms with van der Waals surface area (Å²) in [7, 11) is 0. The Bertz CT molecular complexity index is 667. The molecule has 0 bridgehead atoms. The number of hydrogen-bond donors (Lipinski definition) is 2. The molecule has 128 valence electrons. The zero-order chi connectivity index (χ0) is 17.1. The fraction of sp³-hybridized carbons (Fsp3) is 0.444. The van der Waals surface area contributed by atoms with Gasteiger partial charge in [-0.3, -0.25) is 4.79 Å². The van der Waals surface area contributed by atoms with Gasteiger partial charge in [0.25, 0.3) is 5.91 Å². The molecule has 2 heterocycles. The van der Waals surface area contributed by atoms with Crippen molar-refractivity contribution in [2.45, 2.75) is 26.3 Å². The molecule has 1 aromatic carbocycles. The summed E-state index contributed by atoms with van der Waals surface area (Å²) < 4.78 is 5.33. The minimum atomic E-state index is -0.390. The number of rotatable bonds is 6. The van der Waals surface area contributed by atoms with Gasteiger partial charge in [0.05, 0.1) is 23.9 Å². The monoisotopic (exact) mass is 329 g/mol. The Kier molecular flexibility index (Phi) is 4.85. The van der Waals surface area contributed by atoms with Crippen molar-refractivity contribution in [1.29, 1.82) is 0 Å². The lowest BCUT2D eigenvalue weighted by molar-refractivity contribution is -0.126. The lowest BCUT2D eigenvalue weighted by Gasteiger charge is -2.25. The van der Waals surface area contributed by atoms with E-state index < -0.39 is 6.04 Å². The van der Waals surface area contributed by atoms with Crippen LogP contribution in [0.3, 0.4) is 0 Å². The Hall–Kier alpha value is -2.34. The maximum Gasteiger partial charge on any atom is 0.319 e. The molecule has 1 atom stereocenters. The van der Waals surface area contributed by atoms with Crippen molar-refractivity contribution < 1.29 is 14.3 Å². The lowest BCUT2D eigenvalue weighted by atomic mass is 9.95. The normalized spacial score (nSPS) is 20.1. The van der Waals surface area contributed by atoms with Crippen LogP contribution in [0.25, 0.3) is 0 Å². The topological polar surface area (TPSA) is 70.7 Å². The highest BCUT2D eigenvalue weighted by Gasteiger charge is 2.39. The molecule has 0 spiro atoms. The van der Waals surface area contributed by atoms with Gasteiger partial charge in [-0.25, -0.2) is 4.79 Å². The van der Waals surface area contributed by atoms with Crippen LogP contribution in [-0.4, -0.2) is 43.1 Å². The lowest BCUT2D eigenvalue weighted by Crippen LogP contribution is -2.44. The third-order valence-electron chi connectivity index (χ3n) is 4.35. The molecule has 2 aliphatic rings. The first-order valence-electron chi connectivity index (χ1n) is 8.34.